The Balaban J connectivity index is -0.000000288. The van der Waals surface area contributed by atoms with Crippen LogP contribution >= 0.6 is 0 Å². The maximum atomic E-state index is 11.2. The first-order valence-corrected chi connectivity index (χ1v) is 14.9. The third kappa shape index (κ3) is 17.1. The van der Waals surface area contributed by atoms with Crippen LogP contribution in [0.25, 0.3) is 0 Å². The zero-order valence-electron chi connectivity index (χ0n) is 29.6. The van der Waals surface area contributed by atoms with Crippen molar-refractivity contribution < 1.29 is 0 Å². The van der Waals surface area contributed by atoms with E-state index >= 15 is 0 Å². The first kappa shape index (κ1) is 53.5. The highest BCUT2D eigenvalue weighted by atomic mass is 16.2. The highest BCUT2D eigenvalue weighted by molar-refractivity contribution is 5.14. The summed E-state index contributed by atoms with van der Waals surface area (Å²) in [5, 5.41) is 0. The first-order chi connectivity index (χ1) is 21.6. The molecule has 16 heteroatoms. The molecule has 0 atom stereocenters. The smallest absolute Gasteiger partial charge is 0.314 e. The molecule has 6 N–H and O–H groups in total. The molecule has 0 amide bonds. The Hall–Kier alpha value is -5.28. The Kier molecular flexibility index (Phi) is 21.1. The molecule has 0 fully saturated rings. The molecule has 0 saturated carbocycles. The molecule has 296 valence electrons. The van der Waals surface area contributed by atoms with Crippen LogP contribution in [0.1, 0.15) is 124 Å². The van der Waals surface area contributed by atoms with Crippen molar-refractivity contribution in [3.05, 3.63) is 131 Å². The van der Waals surface area contributed by atoms with E-state index < -0.39 is 16.9 Å². The van der Waals surface area contributed by atoms with Gasteiger partial charge in [-0.3, -0.25) is 43.3 Å². The minimum atomic E-state index is -0.466. The predicted octanol–water partition coefficient (Wildman–Crippen LogP) is 3.85. The molecule has 0 aliphatic heterocycles. The molecule has 4 rings (SSSR count). The number of nitrogens with zero attached hydrogens (tertiary/aromatic N) is 2. The fourth-order valence-electron chi connectivity index (χ4n) is 3.84. The van der Waals surface area contributed by atoms with Gasteiger partial charge in [-0.05, 0) is 47.0 Å². The number of aromatic nitrogens is 8. The van der Waals surface area contributed by atoms with Crippen LogP contribution in [0.15, 0.2) is 75.1 Å². The first-order valence-electron chi connectivity index (χ1n) is 14.9. The second-order valence-corrected chi connectivity index (χ2v) is 14.8. The molecule has 0 unspecified atom stereocenters. The Morgan fingerprint density at radius 3 is 1.44 bits per heavy atom. The molecule has 4 heterocycles. The summed E-state index contributed by atoms with van der Waals surface area (Å²) in [7, 11) is 0. The Labute approximate surface area is 304 Å². The van der Waals surface area contributed by atoms with Crippen LogP contribution < -0.4 is 45.0 Å². The molecule has 0 aliphatic rings. The monoisotopic (exact) mass is 736 g/mol. The van der Waals surface area contributed by atoms with E-state index in [0.29, 0.717) is 11.3 Å². The fourth-order valence-corrected chi connectivity index (χ4v) is 3.84. The van der Waals surface area contributed by atoms with Crippen molar-refractivity contribution in [3.8, 4) is 0 Å². The van der Waals surface area contributed by atoms with Gasteiger partial charge in [-0.2, -0.15) is 0 Å². The van der Waals surface area contributed by atoms with Crippen LogP contribution in [-0.4, -0.2) is 39.0 Å². The van der Waals surface area contributed by atoms with Crippen molar-refractivity contribution >= 4 is 0 Å². The SMILES string of the molecule is C.C.C.C.CC(C)(C)c1c[nH]c(=O)[nH]c1=O.CC(C)(C)c1cc(=O)[nH]c(=O)[nH]1.CC(C)(C)n1c(=O)cc[nH]c1=O.CC(C)(C)n1ccc(=O)[nH]c1=O. The molecule has 0 radical (unpaired) electrons. The summed E-state index contributed by atoms with van der Waals surface area (Å²) in [4.78, 5) is 102. The predicted molar refractivity (Wildman–Crippen MR) is 212 cm³/mol. The van der Waals surface area contributed by atoms with E-state index in [1.54, 1.807) is 0 Å². The molecule has 0 aromatic carbocycles. The van der Waals surface area contributed by atoms with Gasteiger partial charge < -0.3 is 15.0 Å². The van der Waals surface area contributed by atoms with Gasteiger partial charge in [0.05, 0.1) is 0 Å². The van der Waals surface area contributed by atoms with Crippen molar-refractivity contribution in [1.82, 2.24) is 39.0 Å². The van der Waals surface area contributed by atoms with Gasteiger partial charge in [0, 0.05) is 64.5 Å². The number of rotatable bonds is 0. The molecule has 52 heavy (non-hydrogen) atoms. The van der Waals surface area contributed by atoms with Crippen LogP contribution in [-0.2, 0) is 21.9 Å². The van der Waals surface area contributed by atoms with E-state index in [-0.39, 0.29) is 79.7 Å². The van der Waals surface area contributed by atoms with E-state index in [9.17, 15) is 38.4 Å². The second-order valence-electron chi connectivity index (χ2n) is 14.8. The highest BCUT2D eigenvalue weighted by Crippen LogP contribution is 2.17. The fraction of sp³-hybridized carbons (Fsp3) is 0.556. The average Bonchev–Trinajstić information content (AvgIpc) is 2.86. The molecule has 4 aromatic heterocycles. The van der Waals surface area contributed by atoms with Gasteiger partial charge in [0.2, 0.25) is 0 Å². The van der Waals surface area contributed by atoms with E-state index in [1.165, 1.54) is 45.9 Å². The van der Waals surface area contributed by atoms with Gasteiger partial charge >= 0.3 is 22.8 Å². The molecule has 16 nitrogen and oxygen atoms in total. The van der Waals surface area contributed by atoms with Crippen molar-refractivity contribution in [3.63, 3.8) is 0 Å². The molecule has 0 saturated heterocycles. The summed E-state index contributed by atoms with van der Waals surface area (Å²) in [6.07, 6.45) is 4.31. The minimum absolute atomic E-state index is 0. The van der Waals surface area contributed by atoms with Gasteiger partial charge in [-0.15, -0.1) is 0 Å². The maximum Gasteiger partial charge on any atom is 0.328 e. The summed E-state index contributed by atoms with van der Waals surface area (Å²) >= 11 is 0. The lowest BCUT2D eigenvalue weighted by atomic mass is 9.89. The van der Waals surface area contributed by atoms with Gasteiger partial charge in [-0.25, -0.2) is 19.2 Å². The number of nitrogens with one attached hydrogen (secondary N) is 6. The molecule has 0 spiro atoms. The summed E-state index contributed by atoms with van der Waals surface area (Å²) in [5.41, 5.74) is -2.91. The quantitative estimate of drug-likeness (QED) is 0.155. The number of H-pyrrole nitrogens is 6. The summed E-state index contributed by atoms with van der Waals surface area (Å²) in [6, 6.07) is 4.08. The summed E-state index contributed by atoms with van der Waals surface area (Å²) in [5.74, 6) is 0. The van der Waals surface area contributed by atoms with Crippen LogP contribution in [0.2, 0.25) is 0 Å². The van der Waals surface area contributed by atoms with Crippen LogP contribution in [0.3, 0.4) is 0 Å². The third-order valence-corrected chi connectivity index (χ3v) is 6.27. The number of aromatic amines is 6. The lowest BCUT2D eigenvalue weighted by molar-refractivity contribution is 0.366. The standard InChI is InChI=1S/4C8H12N2O2.4CH4/c1-8(2,3)5-4-9-7(12)10-6(5)11;1-8(2,3)10-5-4-6(11)9-7(10)12;1-8(2,3)10-6(11)4-5-9-7(10)12;1-8(2,3)5-4-6(11)10-7(12)9-5;;;;/h4H,1-3H3,(H2,9,10,11,12);4-5H,1-3H3,(H,9,11,12);4-5H,1-3H3,(H,9,12);4H,1-3H3,(H2,9,10,11,12);4*1H4. The third-order valence-electron chi connectivity index (χ3n) is 6.27. The Morgan fingerprint density at radius 2 is 1.08 bits per heavy atom. The van der Waals surface area contributed by atoms with Gasteiger partial charge in [0.1, 0.15) is 0 Å². The number of hydrogen-bond acceptors (Lipinski definition) is 8. The highest BCUT2D eigenvalue weighted by Gasteiger charge is 2.18. The zero-order valence-corrected chi connectivity index (χ0v) is 29.6. The van der Waals surface area contributed by atoms with Gasteiger partial charge in [-0.1, -0.05) is 71.2 Å². The zero-order chi connectivity index (χ0) is 37.4. The second kappa shape index (κ2) is 20.5. The van der Waals surface area contributed by atoms with Crippen molar-refractivity contribution in [1.29, 1.82) is 0 Å². The Morgan fingerprint density at radius 1 is 0.538 bits per heavy atom. The van der Waals surface area contributed by atoms with Crippen molar-refractivity contribution in [2.75, 3.05) is 0 Å². The maximum absolute atomic E-state index is 11.2. The summed E-state index contributed by atoms with van der Waals surface area (Å²) < 4.78 is 2.67. The van der Waals surface area contributed by atoms with Crippen LogP contribution in [0.5, 0.6) is 0 Å². The van der Waals surface area contributed by atoms with E-state index in [4.69, 9.17) is 0 Å². The van der Waals surface area contributed by atoms with Crippen molar-refractivity contribution in [2.45, 2.75) is 135 Å². The average molecular weight is 737 g/mol. The van der Waals surface area contributed by atoms with E-state index in [0.717, 1.165) is 0 Å². The topological polar surface area (TPSA) is 241 Å². The normalized spacial score (nSPS) is 10.7. The molecule has 0 bridgehead atoms. The van der Waals surface area contributed by atoms with Crippen molar-refractivity contribution in [2.24, 2.45) is 0 Å². The van der Waals surface area contributed by atoms with E-state index in [2.05, 4.69) is 29.9 Å². The van der Waals surface area contributed by atoms with Crippen LogP contribution in [0, 0.1) is 0 Å². The minimum Gasteiger partial charge on any atom is -0.314 e. The number of hydrogen-bond donors (Lipinski definition) is 6. The molecular weight excluding hydrogens is 672 g/mol. The Bertz CT molecular complexity index is 2010. The van der Waals surface area contributed by atoms with Gasteiger partial charge in [0.15, 0.2) is 0 Å². The molecular formula is C36H64N8O8. The largest absolute Gasteiger partial charge is 0.328 e. The summed E-state index contributed by atoms with van der Waals surface area (Å²) in [6.45, 7) is 22.6. The lowest BCUT2D eigenvalue weighted by Crippen LogP contribution is -2.43. The van der Waals surface area contributed by atoms with Gasteiger partial charge in [0.25, 0.3) is 22.2 Å². The molecule has 0 aliphatic carbocycles. The van der Waals surface area contributed by atoms with Crippen LogP contribution in [0.4, 0.5) is 0 Å². The molecule has 4 aromatic rings. The lowest BCUT2D eigenvalue weighted by Gasteiger charge is -2.20. The van der Waals surface area contributed by atoms with E-state index in [1.807, 2.05) is 83.1 Å².